The third-order valence-electron chi connectivity index (χ3n) is 4.72. The molecule has 152 valence electrons. The monoisotopic (exact) mass is 404 g/mol. The Morgan fingerprint density at radius 1 is 1.13 bits per heavy atom. The number of fused-ring (bicyclic) bond motifs is 1. The fourth-order valence-corrected chi connectivity index (χ4v) is 3.29. The molecule has 0 atom stereocenters. The van der Waals surface area contributed by atoms with Crippen molar-refractivity contribution in [1.82, 2.24) is 15.0 Å². The third-order valence-corrected chi connectivity index (χ3v) is 4.72. The maximum Gasteiger partial charge on any atom is 0.255 e. The van der Waals surface area contributed by atoms with Crippen LogP contribution in [0.2, 0.25) is 0 Å². The summed E-state index contributed by atoms with van der Waals surface area (Å²) in [6.07, 6.45) is 3.23. The van der Waals surface area contributed by atoms with Crippen molar-refractivity contribution in [3.8, 4) is 17.0 Å². The molecule has 0 saturated carbocycles. The van der Waals surface area contributed by atoms with E-state index in [0.29, 0.717) is 39.5 Å². The van der Waals surface area contributed by atoms with Gasteiger partial charge in [-0.3, -0.25) is 4.79 Å². The number of H-pyrrole nitrogens is 1. The van der Waals surface area contributed by atoms with Crippen LogP contribution in [0.1, 0.15) is 29.8 Å². The second kappa shape index (κ2) is 7.94. The smallest absolute Gasteiger partial charge is 0.255 e. The second-order valence-corrected chi connectivity index (χ2v) is 7.23. The zero-order valence-electron chi connectivity index (χ0n) is 16.9. The molecule has 0 radical (unpaired) electrons. The zero-order chi connectivity index (χ0) is 21.3. The van der Waals surface area contributed by atoms with Gasteiger partial charge in [0.05, 0.1) is 11.8 Å². The fourth-order valence-electron chi connectivity index (χ4n) is 3.29. The lowest BCUT2D eigenvalue weighted by Gasteiger charge is -2.14. The minimum atomic E-state index is -0.464. The molecular weight excluding hydrogens is 383 g/mol. The first-order valence-electron chi connectivity index (χ1n) is 9.59. The highest BCUT2D eigenvalue weighted by Crippen LogP contribution is 2.32. The van der Waals surface area contributed by atoms with Crippen molar-refractivity contribution in [2.75, 3.05) is 5.32 Å². The first kappa shape index (κ1) is 19.6. The highest BCUT2D eigenvalue weighted by molar-refractivity contribution is 6.05. The number of nitrogens with one attached hydrogen (secondary N) is 2. The van der Waals surface area contributed by atoms with Crippen LogP contribution < -0.4 is 10.1 Å². The van der Waals surface area contributed by atoms with E-state index in [-0.39, 0.29) is 12.0 Å². The van der Waals surface area contributed by atoms with E-state index >= 15 is 0 Å². The molecule has 0 spiro atoms. The number of aromatic amines is 1. The molecule has 4 rings (SSSR count). The molecule has 1 amide bonds. The lowest BCUT2D eigenvalue weighted by molar-refractivity contribution is 0.102. The summed E-state index contributed by atoms with van der Waals surface area (Å²) in [7, 11) is 0. The first-order chi connectivity index (χ1) is 14.4. The Balaban J connectivity index is 1.65. The van der Waals surface area contributed by atoms with E-state index in [1.807, 2.05) is 26.8 Å². The van der Waals surface area contributed by atoms with Gasteiger partial charge in [-0.25, -0.2) is 14.4 Å². The van der Waals surface area contributed by atoms with E-state index in [1.165, 1.54) is 18.5 Å². The van der Waals surface area contributed by atoms with Gasteiger partial charge >= 0.3 is 0 Å². The third kappa shape index (κ3) is 3.87. The minimum Gasteiger partial charge on any atom is -0.491 e. The topological polar surface area (TPSA) is 79.9 Å². The molecule has 0 fully saturated rings. The second-order valence-electron chi connectivity index (χ2n) is 7.23. The lowest BCUT2D eigenvalue weighted by atomic mass is 10.0. The number of ether oxygens (including phenoxy) is 1. The van der Waals surface area contributed by atoms with Crippen molar-refractivity contribution in [2.45, 2.75) is 26.9 Å². The molecule has 2 aromatic carbocycles. The number of anilines is 1. The standard InChI is InChI=1S/C23H21FN4O2/c1-13(2)30-17-6-4-15(5-7-17)23(29)28-20-11-16(24)10-19(14(20)3)21-18-8-9-25-22(18)27-12-26-21/h4-13H,1-3H3,(H,28,29)(H,25,26,27). The van der Waals surface area contributed by atoms with E-state index in [2.05, 4.69) is 20.3 Å². The van der Waals surface area contributed by atoms with Gasteiger partial charge in [0.1, 0.15) is 23.5 Å². The number of halogens is 1. The summed E-state index contributed by atoms with van der Waals surface area (Å²) in [4.78, 5) is 24.3. The maximum atomic E-state index is 14.4. The average Bonchev–Trinajstić information content (AvgIpc) is 3.19. The number of carbonyl (C=O) groups excluding carboxylic acids is 1. The summed E-state index contributed by atoms with van der Waals surface area (Å²) in [5, 5.41) is 3.59. The zero-order valence-corrected chi connectivity index (χ0v) is 16.9. The van der Waals surface area contributed by atoms with E-state index in [4.69, 9.17) is 4.74 Å². The Bertz CT molecular complexity index is 1220. The maximum absolute atomic E-state index is 14.4. The summed E-state index contributed by atoms with van der Waals surface area (Å²) in [6.45, 7) is 5.69. The van der Waals surface area contributed by atoms with E-state index in [1.54, 1.807) is 30.5 Å². The molecule has 30 heavy (non-hydrogen) atoms. The van der Waals surface area contributed by atoms with Crippen LogP contribution in [0.5, 0.6) is 5.75 Å². The van der Waals surface area contributed by atoms with Crippen LogP contribution in [0.4, 0.5) is 10.1 Å². The number of hydrogen-bond donors (Lipinski definition) is 2. The highest BCUT2D eigenvalue weighted by atomic mass is 19.1. The van der Waals surface area contributed by atoms with Crippen LogP contribution >= 0.6 is 0 Å². The fraction of sp³-hybridized carbons (Fsp3) is 0.174. The molecule has 0 bridgehead atoms. The van der Waals surface area contributed by atoms with Gasteiger partial charge in [0.15, 0.2) is 0 Å². The molecular formula is C23H21FN4O2. The Morgan fingerprint density at radius 2 is 1.90 bits per heavy atom. The predicted molar refractivity (Wildman–Crippen MR) is 114 cm³/mol. The Morgan fingerprint density at radius 3 is 2.63 bits per heavy atom. The van der Waals surface area contributed by atoms with E-state index < -0.39 is 5.82 Å². The summed E-state index contributed by atoms with van der Waals surface area (Å²) >= 11 is 0. The number of hydrogen-bond acceptors (Lipinski definition) is 4. The van der Waals surface area contributed by atoms with Gasteiger partial charge in [-0.2, -0.15) is 0 Å². The Kier molecular flexibility index (Phi) is 5.18. The summed E-state index contributed by atoms with van der Waals surface area (Å²) in [5.74, 6) is -0.112. The van der Waals surface area contributed by atoms with Crippen LogP contribution in [-0.2, 0) is 0 Å². The van der Waals surface area contributed by atoms with Gasteiger partial charge in [-0.15, -0.1) is 0 Å². The van der Waals surface area contributed by atoms with Gasteiger partial charge in [0.2, 0.25) is 0 Å². The van der Waals surface area contributed by atoms with Crippen molar-refractivity contribution in [3.05, 3.63) is 71.9 Å². The normalized spacial score (nSPS) is 11.1. The molecule has 2 heterocycles. The number of aromatic nitrogens is 3. The van der Waals surface area contributed by atoms with Crippen LogP contribution in [-0.4, -0.2) is 27.0 Å². The number of nitrogens with zero attached hydrogens (tertiary/aromatic N) is 2. The Labute approximate surface area is 173 Å². The molecule has 0 unspecified atom stereocenters. The van der Waals surface area contributed by atoms with Crippen LogP contribution in [0.25, 0.3) is 22.3 Å². The molecule has 0 aliphatic carbocycles. The number of rotatable bonds is 5. The summed E-state index contributed by atoms with van der Waals surface area (Å²) < 4.78 is 20.0. The quantitative estimate of drug-likeness (QED) is 0.484. The predicted octanol–water partition coefficient (Wildman–Crippen LogP) is 5.11. The molecule has 2 aromatic heterocycles. The SMILES string of the molecule is Cc1c(NC(=O)c2ccc(OC(C)C)cc2)cc(F)cc1-c1ncnc2[nH]ccc12. The molecule has 4 aromatic rings. The van der Waals surface area contributed by atoms with Crippen molar-refractivity contribution < 1.29 is 13.9 Å². The average molecular weight is 404 g/mol. The molecule has 2 N–H and O–H groups in total. The number of benzene rings is 2. The van der Waals surface area contributed by atoms with Gasteiger partial charge in [-0.05, 0) is 68.8 Å². The van der Waals surface area contributed by atoms with Gasteiger partial charge in [-0.1, -0.05) is 0 Å². The summed E-state index contributed by atoms with van der Waals surface area (Å²) in [6, 6.07) is 11.4. The largest absolute Gasteiger partial charge is 0.491 e. The molecule has 0 aliphatic rings. The minimum absolute atomic E-state index is 0.0475. The van der Waals surface area contributed by atoms with Crippen LogP contribution in [0.3, 0.4) is 0 Å². The number of amides is 1. The Hall–Kier alpha value is -3.74. The molecule has 6 nitrogen and oxygen atoms in total. The van der Waals surface area contributed by atoms with Crippen molar-refractivity contribution >= 4 is 22.6 Å². The lowest BCUT2D eigenvalue weighted by Crippen LogP contribution is -2.13. The summed E-state index contributed by atoms with van der Waals surface area (Å²) in [5.41, 5.74) is 3.41. The van der Waals surface area contributed by atoms with Crippen molar-refractivity contribution in [3.63, 3.8) is 0 Å². The molecule has 7 heteroatoms. The van der Waals surface area contributed by atoms with Crippen LogP contribution in [0, 0.1) is 12.7 Å². The molecule has 0 saturated heterocycles. The molecule has 0 aliphatic heterocycles. The van der Waals surface area contributed by atoms with Crippen molar-refractivity contribution in [1.29, 1.82) is 0 Å². The van der Waals surface area contributed by atoms with Crippen LogP contribution in [0.15, 0.2) is 55.0 Å². The van der Waals surface area contributed by atoms with Gasteiger partial charge in [0, 0.05) is 28.4 Å². The first-order valence-corrected chi connectivity index (χ1v) is 9.59. The van der Waals surface area contributed by atoms with E-state index in [9.17, 15) is 9.18 Å². The van der Waals surface area contributed by atoms with Crippen molar-refractivity contribution in [2.24, 2.45) is 0 Å². The highest BCUT2D eigenvalue weighted by Gasteiger charge is 2.16. The van der Waals surface area contributed by atoms with Gasteiger partial charge in [0.25, 0.3) is 5.91 Å². The van der Waals surface area contributed by atoms with E-state index in [0.717, 1.165) is 5.39 Å². The van der Waals surface area contributed by atoms with Gasteiger partial charge < -0.3 is 15.0 Å². The number of carbonyl (C=O) groups is 1.